The van der Waals surface area contributed by atoms with Gasteiger partial charge in [-0.05, 0) is 87.2 Å². The van der Waals surface area contributed by atoms with E-state index in [1.165, 1.54) is 12.1 Å². The van der Waals surface area contributed by atoms with Gasteiger partial charge in [-0.15, -0.1) is 0 Å². The van der Waals surface area contributed by atoms with Crippen molar-refractivity contribution >= 4 is 45.3 Å². The van der Waals surface area contributed by atoms with Crippen LogP contribution in [0.1, 0.15) is 94.2 Å². The number of halogens is 1. The van der Waals surface area contributed by atoms with Gasteiger partial charge in [0.1, 0.15) is 58.4 Å². The molecule has 1 saturated carbocycles. The van der Waals surface area contributed by atoms with Gasteiger partial charge in [0.25, 0.3) is 0 Å². The van der Waals surface area contributed by atoms with E-state index in [9.17, 15) is 30.0 Å². The third-order valence-corrected chi connectivity index (χ3v) is 12.2. The zero-order valence-electron chi connectivity index (χ0n) is 37.2. The maximum absolute atomic E-state index is 12.1. The predicted octanol–water partition coefficient (Wildman–Crippen LogP) is 8.12. The fourth-order valence-electron chi connectivity index (χ4n) is 8.46. The molecule has 0 spiro atoms. The highest BCUT2D eigenvalue weighted by molar-refractivity contribution is 6.32. The van der Waals surface area contributed by atoms with Crippen LogP contribution >= 0.6 is 11.6 Å². The smallest absolute Gasteiger partial charge is 0.338 e. The van der Waals surface area contributed by atoms with Crippen LogP contribution in [-0.4, -0.2) is 104 Å². The van der Waals surface area contributed by atoms with Crippen molar-refractivity contribution in [1.29, 1.82) is 0 Å². The Morgan fingerprint density at radius 3 is 1.85 bits per heavy atom. The van der Waals surface area contributed by atoms with Gasteiger partial charge in [0.15, 0.2) is 0 Å². The van der Waals surface area contributed by atoms with Gasteiger partial charge in [-0.25, -0.2) is 9.59 Å². The predicted molar refractivity (Wildman–Crippen MR) is 242 cm³/mol. The molecule has 0 radical (unpaired) electrons. The highest BCUT2D eigenvalue weighted by Gasteiger charge is 2.31. The van der Waals surface area contributed by atoms with E-state index in [1.54, 1.807) is 85.6 Å². The molecule has 5 unspecified atom stereocenters. The molecule has 0 bridgehead atoms. The van der Waals surface area contributed by atoms with Crippen LogP contribution < -0.4 is 18.9 Å². The Kier molecular flexibility index (Phi) is 14.8. The second kappa shape index (κ2) is 20.5. The third kappa shape index (κ3) is 10.6. The zero-order valence-corrected chi connectivity index (χ0v) is 37.9. The highest BCUT2D eigenvalue weighted by atomic mass is 35.5. The average Bonchev–Trinajstić information content (AvgIpc) is 4.05. The minimum Gasteiger partial charge on any atom is -0.496 e. The van der Waals surface area contributed by atoms with E-state index in [1.807, 2.05) is 20.8 Å². The summed E-state index contributed by atoms with van der Waals surface area (Å²) in [7, 11) is 4.62. The molecule has 4 N–H and O–H groups in total. The van der Waals surface area contributed by atoms with Gasteiger partial charge in [-0.3, -0.25) is 9.36 Å². The standard InChI is InChI=1S/C48H55ClN4O12/c1-26(64-41(45(54)30-17-37(60-4)27(2)38(18-30)61-5)24-52-22-29-10-9-13-35(47(56)57)43(29)50-52)14-15-63-40-20-31(19-39(62-6)28(40)3)46(55)42(65-34-11-7-8-12-34)25-53-23-32-16-33(49)21-36(48(58)59)44(32)51-53/h9-10,13,16-23,26,34,41-42,45-46,54-55H,7-8,11-12,14-15,24-25H2,1-6H3,(H,56,57)(H,58,59). The number of aromatic nitrogens is 4. The van der Waals surface area contributed by atoms with E-state index in [0.29, 0.717) is 62.4 Å². The molecule has 346 valence electrons. The molecule has 1 aliphatic rings. The second-order valence-electron chi connectivity index (χ2n) is 16.4. The summed E-state index contributed by atoms with van der Waals surface area (Å²) in [6.07, 6.45) is 3.01. The van der Waals surface area contributed by atoms with E-state index < -0.39 is 42.5 Å². The van der Waals surface area contributed by atoms with Crippen LogP contribution in [0.15, 0.2) is 67.0 Å². The Labute approximate surface area is 381 Å². The number of carboxylic acid groups (broad SMARTS) is 2. The quantitative estimate of drug-likeness (QED) is 0.0538. The molecule has 0 aliphatic heterocycles. The van der Waals surface area contributed by atoms with Crippen LogP contribution in [-0.2, 0) is 22.6 Å². The first-order valence-corrected chi connectivity index (χ1v) is 21.9. The van der Waals surface area contributed by atoms with Crippen molar-refractivity contribution in [3.8, 4) is 23.0 Å². The first-order valence-electron chi connectivity index (χ1n) is 21.5. The molecule has 17 heteroatoms. The summed E-state index contributed by atoms with van der Waals surface area (Å²) in [5.41, 5.74) is 3.10. The summed E-state index contributed by atoms with van der Waals surface area (Å²) >= 11 is 6.24. The number of benzene rings is 4. The van der Waals surface area contributed by atoms with Gasteiger partial charge in [-0.2, -0.15) is 10.2 Å². The number of aromatic carboxylic acids is 2. The average molecular weight is 915 g/mol. The topological polar surface area (TPSA) is 206 Å². The van der Waals surface area contributed by atoms with Crippen LogP contribution in [0.3, 0.4) is 0 Å². The number of rotatable bonds is 21. The Morgan fingerprint density at radius 1 is 0.738 bits per heavy atom. The zero-order chi connectivity index (χ0) is 46.5. The number of carboxylic acids is 2. The number of hydrogen-bond donors (Lipinski definition) is 4. The van der Waals surface area contributed by atoms with Crippen molar-refractivity contribution in [3.63, 3.8) is 0 Å². The maximum atomic E-state index is 12.1. The molecule has 0 amide bonds. The van der Waals surface area contributed by atoms with E-state index >= 15 is 0 Å². The third-order valence-electron chi connectivity index (χ3n) is 12.0. The van der Waals surface area contributed by atoms with Crippen LogP contribution in [0.2, 0.25) is 5.02 Å². The highest BCUT2D eigenvalue weighted by Crippen LogP contribution is 2.37. The number of hydrogen-bond acceptors (Lipinski definition) is 12. The Hall–Kier alpha value is -5.91. The first-order chi connectivity index (χ1) is 31.2. The summed E-state index contributed by atoms with van der Waals surface area (Å²) < 4.78 is 39.6. The second-order valence-corrected chi connectivity index (χ2v) is 16.9. The molecule has 1 aliphatic carbocycles. The molecule has 1 fully saturated rings. The lowest BCUT2D eigenvalue weighted by Crippen LogP contribution is -2.32. The lowest BCUT2D eigenvalue weighted by Gasteiger charge is -2.28. The largest absolute Gasteiger partial charge is 0.496 e. The Morgan fingerprint density at radius 2 is 1.26 bits per heavy atom. The molecule has 16 nitrogen and oxygen atoms in total. The fraction of sp³-hybridized carbons (Fsp3) is 0.417. The number of carbonyl (C=O) groups is 2. The molecule has 5 atom stereocenters. The molecular formula is C48H55ClN4O12. The summed E-state index contributed by atoms with van der Waals surface area (Å²) in [5, 5.41) is 54.2. The summed E-state index contributed by atoms with van der Waals surface area (Å²) in [6.45, 7) is 5.96. The molecule has 0 saturated heterocycles. The van der Waals surface area contributed by atoms with Crippen molar-refractivity contribution < 1.29 is 58.4 Å². The van der Waals surface area contributed by atoms with Gasteiger partial charge >= 0.3 is 11.9 Å². The van der Waals surface area contributed by atoms with Crippen LogP contribution in [0.25, 0.3) is 21.8 Å². The van der Waals surface area contributed by atoms with Crippen LogP contribution in [0.5, 0.6) is 23.0 Å². The Bertz CT molecular complexity index is 2630. The lowest BCUT2D eigenvalue weighted by molar-refractivity contribution is -0.0857. The molecular weight excluding hydrogens is 860 g/mol. The monoisotopic (exact) mass is 914 g/mol. The Balaban J connectivity index is 1.10. The van der Waals surface area contributed by atoms with E-state index in [-0.39, 0.29) is 47.5 Å². The molecule has 7 rings (SSSR count). The summed E-state index contributed by atoms with van der Waals surface area (Å²) in [5.74, 6) is -0.223. The van der Waals surface area contributed by atoms with E-state index in [4.69, 9.17) is 40.0 Å². The van der Waals surface area contributed by atoms with Gasteiger partial charge in [-0.1, -0.05) is 36.6 Å². The number of ether oxygens (including phenoxy) is 6. The van der Waals surface area contributed by atoms with Gasteiger partial charge in [0.05, 0.1) is 64.4 Å². The van der Waals surface area contributed by atoms with Crippen molar-refractivity contribution in [2.45, 2.75) is 103 Å². The summed E-state index contributed by atoms with van der Waals surface area (Å²) in [4.78, 5) is 24.0. The number of aliphatic hydroxyl groups is 2. The van der Waals surface area contributed by atoms with Gasteiger partial charge < -0.3 is 48.8 Å². The van der Waals surface area contributed by atoms with Crippen molar-refractivity contribution in [2.24, 2.45) is 0 Å². The number of aliphatic hydroxyl groups excluding tert-OH is 2. The molecule has 2 aromatic heterocycles. The normalized spacial score (nSPS) is 15.5. The van der Waals surface area contributed by atoms with Crippen molar-refractivity contribution in [3.05, 3.63) is 105 Å². The number of fused-ring (bicyclic) bond motifs is 2. The number of nitrogens with zero attached hydrogens (tertiary/aromatic N) is 4. The molecule has 2 heterocycles. The van der Waals surface area contributed by atoms with Gasteiger partial charge in [0.2, 0.25) is 0 Å². The minimum absolute atomic E-state index is 0.0215. The van der Waals surface area contributed by atoms with E-state index in [2.05, 4.69) is 10.2 Å². The number of methoxy groups -OCH3 is 3. The van der Waals surface area contributed by atoms with Crippen molar-refractivity contribution in [1.82, 2.24) is 19.6 Å². The molecule has 65 heavy (non-hydrogen) atoms. The lowest BCUT2D eigenvalue weighted by atomic mass is 10.0. The van der Waals surface area contributed by atoms with Crippen LogP contribution in [0.4, 0.5) is 0 Å². The van der Waals surface area contributed by atoms with Crippen LogP contribution in [0, 0.1) is 13.8 Å². The van der Waals surface area contributed by atoms with Gasteiger partial charge in [0, 0.05) is 45.7 Å². The fourth-order valence-corrected chi connectivity index (χ4v) is 8.69. The first kappa shape index (κ1) is 47.1. The molecule has 6 aromatic rings. The molecule has 4 aromatic carbocycles. The minimum atomic E-state index is -1.19. The summed E-state index contributed by atoms with van der Waals surface area (Å²) in [6, 6.07) is 14.9. The van der Waals surface area contributed by atoms with E-state index in [0.717, 1.165) is 31.2 Å². The van der Waals surface area contributed by atoms with Crippen molar-refractivity contribution in [2.75, 3.05) is 27.9 Å². The SMILES string of the molecule is COc1cc(C(O)C(Cn2cc3cccc(C(=O)O)c3n2)OC(C)CCOc2cc(C(O)C(Cn3cc4cc(Cl)cc(C(=O)O)c4n3)OC3CCCC3)cc(OC)c2C)cc(OC)c1C. The maximum Gasteiger partial charge on any atom is 0.338 e.